The van der Waals surface area contributed by atoms with Crippen molar-refractivity contribution in [3.8, 4) is 0 Å². The van der Waals surface area contributed by atoms with E-state index in [1.54, 1.807) is 0 Å². The second kappa shape index (κ2) is 5.52. The molecule has 0 saturated carbocycles. The Hall–Kier alpha value is -1.05. The van der Waals surface area contributed by atoms with Crippen LogP contribution in [0.15, 0.2) is 23.1 Å². The Bertz CT molecular complexity index is 559. The second-order valence-corrected chi connectivity index (χ2v) is 6.36. The Morgan fingerprint density at radius 3 is 2.53 bits per heavy atom. The summed E-state index contributed by atoms with van der Waals surface area (Å²) in [4.78, 5) is -0.464. The van der Waals surface area contributed by atoms with Gasteiger partial charge < -0.3 is 5.32 Å². The van der Waals surface area contributed by atoms with E-state index in [2.05, 4.69) is 5.32 Å². The molecule has 1 saturated heterocycles. The van der Waals surface area contributed by atoms with Crippen LogP contribution in [0.1, 0.15) is 13.3 Å². The van der Waals surface area contributed by atoms with Gasteiger partial charge in [0.15, 0.2) is 0 Å². The molecule has 0 aromatic heterocycles. The van der Waals surface area contributed by atoms with Crippen molar-refractivity contribution in [3.63, 3.8) is 0 Å². The summed E-state index contributed by atoms with van der Waals surface area (Å²) >= 11 is 0. The van der Waals surface area contributed by atoms with Gasteiger partial charge in [-0.2, -0.15) is 4.31 Å². The molecule has 1 heterocycles. The van der Waals surface area contributed by atoms with Crippen molar-refractivity contribution in [2.75, 3.05) is 19.6 Å². The summed E-state index contributed by atoms with van der Waals surface area (Å²) in [5, 5.41) is 2.99. The van der Waals surface area contributed by atoms with Crippen LogP contribution in [0.2, 0.25) is 0 Å². The number of nitrogens with zero attached hydrogens (tertiary/aromatic N) is 1. The van der Waals surface area contributed by atoms with Gasteiger partial charge in [-0.05, 0) is 18.6 Å². The Kier molecular flexibility index (Phi) is 4.17. The molecule has 0 aliphatic carbocycles. The maximum atomic E-state index is 13.7. The highest BCUT2D eigenvalue weighted by atomic mass is 32.2. The summed E-state index contributed by atoms with van der Waals surface area (Å²) in [6.45, 7) is 3.30. The third-order valence-corrected chi connectivity index (χ3v) is 5.08. The van der Waals surface area contributed by atoms with Gasteiger partial charge >= 0.3 is 0 Å². The summed E-state index contributed by atoms with van der Waals surface area (Å²) in [6, 6.07) is 2.37. The smallest absolute Gasteiger partial charge is 0.246 e. The second-order valence-electron chi connectivity index (χ2n) is 4.50. The third-order valence-electron chi connectivity index (χ3n) is 3.09. The van der Waals surface area contributed by atoms with E-state index in [9.17, 15) is 17.2 Å². The van der Waals surface area contributed by atoms with Crippen molar-refractivity contribution in [2.45, 2.75) is 24.3 Å². The first-order valence-electron chi connectivity index (χ1n) is 6.14. The maximum Gasteiger partial charge on any atom is 0.246 e. The number of sulfonamides is 1. The predicted molar refractivity (Wildman–Crippen MR) is 67.2 cm³/mol. The van der Waals surface area contributed by atoms with Crippen LogP contribution in [-0.2, 0) is 10.0 Å². The zero-order valence-corrected chi connectivity index (χ0v) is 11.4. The minimum atomic E-state index is -3.92. The molecule has 0 unspecified atom stereocenters. The number of rotatable bonds is 5. The molecule has 106 valence electrons. The van der Waals surface area contributed by atoms with Gasteiger partial charge in [0.2, 0.25) is 10.0 Å². The first kappa shape index (κ1) is 14.4. The normalized spacial score (nSPS) is 16.6. The van der Waals surface area contributed by atoms with E-state index in [1.165, 1.54) is 4.31 Å². The molecule has 0 atom stereocenters. The summed E-state index contributed by atoms with van der Waals surface area (Å²) in [5.74, 6) is -1.84. The topological polar surface area (TPSA) is 49.4 Å². The fourth-order valence-electron chi connectivity index (χ4n) is 2.01. The molecule has 1 aromatic carbocycles. The van der Waals surface area contributed by atoms with Crippen molar-refractivity contribution in [2.24, 2.45) is 0 Å². The van der Waals surface area contributed by atoms with Crippen LogP contribution in [0.4, 0.5) is 8.78 Å². The van der Waals surface area contributed by atoms with E-state index in [1.807, 2.05) is 6.92 Å². The van der Waals surface area contributed by atoms with Crippen molar-refractivity contribution < 1.29 is 17.2 Å². The Morgan fingerprint density at radius 1 is 1.37 bits per heavy atom. The Morgan fingerprint density at radius 2 is 2.05 bits per heavy atom. The van der Waals surface area contributed by atoms with Gasteiger partial charge in [-0.25, -0.2) is 17.2 Å². The first-order valence-corrected chi connectivity index (χ1v) is 7.58. The lowest BCUT2D eigenvalue weighted by Gasteiger charge is -2.37. The largest absolute Gasteiger partial charge is 0.313 e. The summed E-state index contributed by atoms with van der Waals surface area (Å²) < 4.78 is 52.7. The zero-order valence-electron chi connectivity index (χ0n) is 10.6. The molecule has 0 bridgehead atoms. The molecule has 0 radical (unpaired) electrons. The molecular weight excluding hydrogens is 274 g/mol. The first-order chi connectivity index (χ1) is 8.96. The van der Waals surface area contributed by atoms with Gasteiger partial charge in [0, 0.05) is 25.7 Å². The van der Waals surface area contributed by atoms with Crippen LogP contribution in [-0.4, -0.2) is 38.4 Å². The van der Waals surface area contributed by atoms with E-state index in [4.69, 9.17) is 0 Å². The van der Waals surface area contributed by atoms with Crippen LogP contribution in [0, 0.1) is 11.6 Å². The quantitative estimate of drug-likeness (QED) is 0.890. The summed E-state index contributed by atoms with van der Waals surface area (Å²) in [5.41, 5.74) is 0. The van der Waals surface area contributed by atoms with E-state index >= 15 is 0 Å². The molecule has 1 fully saturated rings. The molecule has 1 aliphatic rings. The Balaban J connectivity index is 2.38. The highest BCUT2D eigenvalue weighted by Crippen LogP contribution is 2.23. The van der Waals surface area contributed by atoms with Crippen molar-refractivity contribution in [3.05, 3.63) is 29.8 Å². The molecule has 1 aliphatic heterocycles. The van der Waals surface area contributed by atoms with E-state index in [0.717, 1.165) is 12.1 Å². The lowest BCUT2D eigenvalue weighted by molar-refractivity contribution is 0.241. The van der Waals surface area contributed by atoms with E-state index < -0.39 is 26.6 Å². The molecule has 1 N–H and O–H groups in total. The van der Waals surface area contributed by atoms with E-state index in [0.29, 0.717) is 32.1 Å². The lowest BCUT2D eigenvalue weighted by atomic mass is 10.2. The molecule has 0 amide bonds. The number of hydrogen-bond donors (Lipinski definition) is 1. The maximum absolute atomic E-state index is 13.7. The monoisotopic (exact) mass is 290 g/mol. The SMILES string of the molecule is CCCN(C1CNC1)S(=O)(=O)c1ccc(F)cc1F. The third kappa shape index (κ3) is 2.77. The molecule has 0 spiro atoms. The van der Waals surface area contributed by atoms with Crippen LogP contribution in [0.25, 0.3) is 0 Å². The lowest BCUT2D eigenvalue weighted by Crippen LogP contribution is -2.58. The van der Waals surface area contributed by atoms with Gasteiger partial charge in [0.05, 0.1) is 6.04 Å². The summed E-state index contributed by atoms with van der Waals surface area (Å²) in [7, 11) is -3.92. The van der Waals surface area contributed by atoms with Gasteiger partial charge in [-0.1, -0.05) is 6.92 Å². The van der Waals surface area contributed by atoms with Crippen LogP contribution in [0.5, 0.6) is 0 Å². The number of nitrogens with one attached hydrogen (secondary N) is 1. The summed E-state index contributed by atoms with van der Waals surface area (Å²) in [6.07, 6.45) is 0.637. The number of hydrogen-bond acceptors (Lipinski definition) is 3. The molecular formula is C12H16F2N2O2S. The van der Waals surface area contributed by atoms with Gasteiger partial charge in [-0.15, -0.1) is 0 Å². The molecule has 4 nitrogen and oxygen atoms in total. The highest BCUT2D eigenvalue weighted by Gasteiger charge is 2.35. The van der Waals surface area contributed by atoms with Gasteiger partial charge in [0.1, 0.15) is 16.5 Å². The fraction of sp³-hybridized carbons (Fsp3) is 0.500. The van der Waals surface area contributed by atoms with Gasteiger partial charge in [0.25, 0.3) is 0 Å². The molecule has 1 aromatic rings. The van der Waals surface area contributed by atoms with Crippen LogP contribution >= 0.6 is 0 Å². The highest BCUT2D eigenvalue weighted by molar-refractivity contribution is 7.89. The van der Waals surface area contributed by atoms with Crippen molar-refractivity contribution in [1.82, 2.24) is 9.62 Å². The Labute approximate surface area is 111 Å². The number of benzene rings is 1. The fourth-order valence-corrected chi connectivity index (χ4v) is 3.77. The molecule has 19 heavy (non-hydrogen) atoms. The number of halogens is 2. The molecule has 7 heteroatoms. The predicted octanol–water partition coefficient (Wildman–Crippen LogP) is 1.34. The van der Waals surface area contributed by atoms with E-state index in [-0.39, 0.29) is 6.04 Å². The zero-order chi connectivity index (χ0) is 14.0. The average Bonchev–Trinajstić information content (AvgIpc) is 2.25. The van der Waals surface area contributed by atoms with Crippen molar-refractivity contribution >= 4 is 10.0 Å². The van der Waals surface area contributed by atoms with Crippen LogP contribution < -0.4 is 5.32 Å². The van der Waals surface area contributed by atoms with Gasteiger partial charge in [-0.3, -0.25) is 0 Å². The average molecular weight is 290 g/mol. The van der Waals surface area contributed by atoms with Crippen molar-refractivity contribution in [1.29, 1.82) is 0 Å². The minimum absolute atomic E-state index is 0.158. The standard InChI is InChI=1S/C12H16F2N2O2S/c1-2-5-16(10-7-15-8-10)19(17,18)12-4-3-9(13)6-11(12)14/h3-4,6,10,15H,2,5,7-8H2,1H3. The van der Waals surface area contributed by atoms with Crippen LogP contribution in [0.3, 0.4) is 0 Å². The minimum Gasteiger partial charge on any atom is -0.313 e. The molecule has 2 rings (SSSR count).